The molecule has 0 N–H and O–H groups in total. The first kappa shape index (κ1) is 11.2. The van der Waals surface area contributed by atoms with Crippen LogP contribution in [-0.2, 0) is 0 Å². The molecule has 0 fully saturated rings. The molecule has 1 rings (SSSR count). The number of halogens is 1. The molecule has 1 nitrogen and oxygen atoms in total. The Hall–Kier alpha value is -0.910. The minimum absolute atomic E-state index is 0.591. The van der Waals surface area contributed by atoms with Crippen molar-refractivity contribution in [1.82, 2.24) is 0 Å². The summed E-state index contributed by atoms with van der Waals surface area (Å²) in [6.07, 6.45) is 4.82. The van der Waals surface area contributed by atoms with Gasteiger partial charge in [0, 0.05) is 5.02 Å². The van der Waals surface area contributed by atoms with Crippen molar-refractivity contribution in [3.8, 4) is 6.07 Å². The molecule has 0 spiro atoms. The minimum Gasteiger partial charge on any atom is -0.192 e. The lowest BCUT2D eigenvalue weighted by Gasteiger charge is -1.97. The van der Waals surface area contributed by atoms with Crippen molar-refractivity contribution >= 4 is 30.3 Å². The van der Waals surface area contributed by atoms with Gasteiger partial charge in [0.1, 0.15) is 0 Å². The molecule has 72 valence electrons. The lowest BCUT2D eigenvalue weighted by Crippen LogP contribution is -1.81. The first-order chi connectivity index (χ1) is 6.77. The van der Waals surface area contributed by atoms with Crippen molar-refractivity contribution in [2.24, 2.45) is 0 Å². The van der Waals surface area contributed by atoms with E-state index in [0.717, 1.165) is 17.7 Å². The molecular formula is C11H10ClNS. The summed E-state index contributed by atoms with van der Waals surface area (Å²) in [5, 5.41) is 9.43. The molecule has 0 heterocycles. The highest BCUT2D eigenvalue weighted by atomic mass is 35.5. The van der Waals surface area contributed by atoms with Crippen LogP contribution in [0, 0.1) is 11.3 Å². The molecule has 0 bridgehead atoms. The summed E-state index contributed by atoms with van der Waals surface area (Å²) in [5.41, 5.74) is 1.51. The third-order valence-electron chi connectivity index (χ3n) is 1.73. The fraction of sp³-hybridized carbons (Fsp3) is 0.182. The highest BCUT2D eigenvalue weighted by molar-refractivity contribution is 7.80. The number of nitriles is 1. The fourth-order valence-corrected chi connectivity index (χ4v) is 1.38. The normalized spacial score (nSPS) is 10.4. The van der Waals surface area contributed by atoms with E-state index in [2.05, 4.69) is 18.7 Å². The Kier molecular flexibility index (Phi) is 4.58. The van der Waals surface area contributed by atoms with Gasteiger partial charge in [0.2, 0.25) is 0 Å². The van der Waals surface area contributed by atoms with Crippen LogP contribution in [-0.4, -0.2) is 5.75 Å². The average molecular weight is 224 g/mol. The largest absolute Gasteiger partial charge is 0.192 e. The Morgan fingerprint density at radius 2 is 2.29 bits per heavy atom. The predicted octanol–water partition coefficient (Wildman–Crippen LogP) is 3.54. The number of hydrogen-bond donors (Lipinski definition) is 1. The molecule has 14 heavy (non-hydrogen) atoms. The van der Waals surface area contributed by atoms with Crippen LogP contribution in [0.4, 0.5) is 0 Å². The maximum Gasteiger partial charge on any atom is 0.0998 e. The second-order valence-electron chi connectivity index (χ2n) is 2.76. The molecule has 0 saturated heterocycles. The van der Waals surface area contributed by atoms with Gasteiger partial charge in [0.25, 0.3) is 0 Å². The molecule has 3 heteroatoms. The Morgan fingerprint density at radius 1 is 1.50 bits per heavy atom. The van der Waals surface area contributed by atoms with E-state index in [1.807, 2.05) is 18.2 Å². The molecular weight excluding hydrogens is 214 g/mol. The van der Waals surface area contributed by atoms with E-state index in [9.17, 15) is 0 Å². The van der Waals surface area contributed by atoms with Gasteiger partial charge in [0.15, 0.2) is 0 Å². The number of rotatable bonds is 3. The van der Waals surface area contributed by atoms with Crippen LogP contribution in [0.25, 0.3) is 6.08 Å². The number of allylic oxidation sites excluding steroid dienone is 1. The first-order valence-corrected chi connectivity index (χ1v) is 5.26. The van der Waals surface area contributed by atoms with Crippen LogP contribution in [0.1, 0.15) is 17.5 Å². The minimum atomic E-state index is 0.591. The Morgan fingerprint density at radius 3 is 2.93 bits per heavy atom. The van der Waals surface area contributed by atoms with Crippen LogP contribution in [0.5, 0.6) is 0 Å². The number of thiol groups is 1. The van der Waals surface area contributed by atoms with Crippen molar-refractivity contribution in [1.29, 1.82) is 5.26 Å². The van der Waals surface area contributed by atoms with Gasteiger partial charge in [0.05, 0.1) is 11.6 Å². The smallest absolute Gasteiger partial charge is 0.0998 e. The zero-order chi connectivity index (χ0) is 10.4. The molecule has 0 atom stereocenters. The number of benzene rings is 1. The summed E-state index contributed by atoms with van der Waals surface area (Å²) < 4.78 is 0. The summed E-state index contributed by atoms with van der Waals surface area (Å²) in [6, 6.07) is 7.40. The number of nitrogens with zero attached hydrogens (tertiary/aromatic N) is 1. The zero-order valence-electron chi connectivity index (χ0n) is 7.57. The van der Waals surface area contributed by atoms with E-state index in [1.165, 1.54) is 0 Å². The Labute approximate surface area is 94.4 Å². The third kappa shape index (κ3) is 3.10. The van der Waals surface area contributed by atoms with E-state index in [0.29, 0.717) is 10.6 Å². The van der Waals surface area contributed by atoms with Crippen molar-refractivity contribution in [2.45, 2.75) is 6.42 Å². The molecule has 0 amide bonds. The third-order valence-corrected chi connectivity index (χ3v) is 2.22. The van der Waals surface area contributed by atoms with Crippen LogP contribution in [0.15, 0.2) is 24.3 Å². The zero-order valence-corrected chi connectivity index (χ0v) is 9.22. The van der Waals surface area contributed by atoms with Gasteiger partial charge in [-0.05, 0) is 29.9 Å². The molecule has 0 aliphatic heterocycles. The molecule has 0 aliphatic rings. The molecule has 0 aromatic heterocycles. The van der Waals surface area contributed by atoms with Crippen LogP contribution in [0.2, 0.25) is 5.02 Å². The molecule has 0 saturated carbocycles. The fourth-order valence-electron chi connectivity index (χ4n) is 1.06. The van der Waals surface area contributed by atoms with Crippen molar-refractivity contribution < 1.29 is 0 Å². The maximum atomic E-state index is 8.84. The summed E-state index contributed by atoms with van der Waals surface area (Å²) >= 11 is 9.86. The standard InChI is InChI=1S/C11H10ClNS/c12-11-5-4-9(3-1-2-6-14)10(7-11)8-13/h1,3-5,7,14H,2,6H2. The maximum absolute atomic E-state index is 8.84. The second kappa shape index (κ2) is 5.74. The molecule has 1 aromatic carbocycles. The van der Waals surface area contributed by atoms with E-state index in [-0.39, 0.29) is 0 Å². The van der Waals surface area contributed by atoms with E-state index < -0.39 is 0 Å². The second-order valence-corrected chi connectivity index (χ2v) is 3.64. The average Bonchev–Trinajstić information content (AvgIpc) is 2.20. The van der Waals surface area contributed by atoms with Crippen molar-refractivity contribution in [2.75, 3.05) is 5.75 Å². The predicted molar refractivity (Wildman–Crippen MR) is 63.7 cm³/mol. The summed E-state index contributed by atoms with van der Waals surface area (Å²) in [7, 11) is 0. The lowest BCUT2D eigenvalue weighted by atomic mass is 10.1. The van der Waals surface area contributed by atoms with Crippen molar-refractivity contribution in [3.05, 3.63) is 40.4 Å². The van der Waals surface area contributed by atoms with E-state index in [1.54, 1.807) is 12.1 Å². The van der Waals surface area contributed by atoms with Gasteiger partial charge in [-0.2, -0.15) is 17.9 Å². The van der Waals surface area contributed by atoms with E-state index >= 15 is 0 Å². The van der Waals surface area contributed by atoms with Crippen LogP contribution < -0.4 is 0 Å². The molecule has 0 unspecified atom stereocenters. The molecule has 0 aliphatic carbocycles. The lowest BCUT2D eigenvalue weighted by molar-refractivity contribution is 1.26. The monoisotopic (exact) mass is 223 g/mol. The van der Waals surface area contributed by atoms with Crippen molar-refractivity contribution in [3.63, 3.8) is 0 Å². The molecule has 0 radical (unpaired) electrons. The topological polar surface area (TPSA) is 23.8 Å². The Bertz CT molecular complexity index is 379. The number of hydrogen-bond acceptors (Lipinski definition) is 2. The summed E-state index contributed by atoms with van der Waals surface area (Å²) in [4.78, 5) is 0. The van der Waals surface area contributed by atoms with Gasteiger partial charge >= 0.3 is 0 Å². The highest BCUT2D eigenvalue weighted by Gasteiger charge is 1.98. The van der Waals surface area contributed by atoms with Gasteiger partial charge in [-0.15, -0.1) is 0 Å². The SMILES string of the molecule is N#Cc1cc(Cl)ccc1C=CCCS. The van der Waals surface area contributed by atoms with Gasteiger partial charge in [-0.3, -0.25) is 0 Å². The summed E-state index contributed by atoms with van der Waals surface area (Å²) in [5.74, 6) is 0.811. The van der Waals surface area contributed by atoms with Crippen LogP contribution in [0.3, 0.4) is 0 Å². The first-order valence-electron chi connectivity index (χ1n) is 4.25. The summed E-state index contributed by atoms with van der Waals surface area (Å²) in [6.45, 7) is 0. The van der Waals surface area contributed by atoms with Gasteiger partial charge in [-0.25, -0.2) is 0 Å². The quantitative estimate of drug-likeness (QED) is 0.779. The van der Waals surface area contributed by atoms with Gasteiger partial charge < -0.3 is 0 Å². The van der Waals surface area contributed by atoms with E-state index in [4.69, 9.17) is 16.9 Å². The Balaban J connectivity index is 2.92. The molecule has 1 aromatic rings. The van der Waals surface area contributed by atoms with Crippen LogP contribution >= 0.6 is 24.2 Å². The van der Waals surface area contributed by atoms with Gasteiger partial charge in [-0.1, -0.05) is 29.8 Å². The highest BCUT2D eigenvalue weighted by Crippen LogP contribution is 2.16.